The Balaban J connectivity index is 1.55. The molecule has 2 aromatic heterocycles. The molecule has 1 aromatic carbocycles. The minimum Gasteiger partial charge on any atom is -0.361 e. The third-order valence-corrected chi connectivity index (χ3v) is 5.17. The number of fused-ring (bicyclic) bond motifs is 1. The Morgan fingerprint density at radius 3 is 2.71 bits per heavy atom. The van der Waals surface area contributed by atoms with Gasteiger partial charge in [0.05, 0.1) is 12.6 Å². The highest BCUT2D eigenvalue weighted by Gasteiger charge is 2.19. The first kappa shape index (κ1) is 18.3. The van der Waals surface area contributed by atoms with Crippen molar-refractivity contribution in [1.29, 1.82) is 0 Å². The molecule has 28 heavy (non-hydrogen) atoms. The molecule has 1 aliphatic heterocycles. The number of carbonyl (C=O) groups excluding carboxylic acids is 1. The predicted octanol–water partition coefficient (Wildman–Crippen LogP) is 2.82. The zero-order chi connectivity index (χ0) is 19.7. The minimum atomic E-state index is -0.0722. The van der Waals surface area contributed by atoms with Gasteiger partial charge in [0.2, 0.25) is 11.9 Å². The highest BCUT2D eigenvalue weighted by molar-refractivity contribution is 5.97. The first-order chi connectivity index (χ1) is 13.5. The zero-order valence-electron chi connectivity index (χ0n) is 16.6. The summed E-state index contributed by atoms with van der Waals surface area (Å²) in [7, 11) is 5.85. The molecule has 7 nitrogen and oxygen atoms in total. The van der Waals surface area contributed by atoms with Gasteiger partial charge in [0.1, 0.15) is 5.69 Å². The van der Waals surface area contributed by atoms with Crippen LogP contribution in [0.1, 0.15) is 18.4 Å². The van der Waals surface area contributed by atoms with Gasteiger partial charge in [0.15, 0.2) is 5.82 Å². The molecule has 1 aliphatic rings. The largest absolute Gasteiger partial charge is 0.361 e. The molecule has 1 amide bonds. The third kappa shape index (κ3) is 3.52. The van der Waals surface area contributed by atoms with E-state index in [1.165, 1.54) is 12.8 Å². The number of hydrogen-bond donors (Lipinski definition) is 1. The Bertz CT molecular complexity index is 1000. The number of benzene rings is 1. The zero-order valence-corrected chi connectivity index (χ0v) is 16.6. The molecule has 1 saturated heterocycles. The van der Waals surface area contributed by atoms with Crippen LogP contribution >= 0.6 is 0 Å². The normalized spacial score (nSPS) is 13.9. The number of carbonyl (C=O) groups is 1. The highest BCUT2D eigenvalue weighted by atomic mass is 16.1. The Hall–Kier alpha value is -3.09. The average molecular weight is 378 g/mol. The molecule has 0 radical (unpaired) electrons. The fourth-order valence-electron chi connectivity index (χ4n) is 3.80. The smallest absolute Gasteiger partial charge is 0.229 e. The van der Waals surface area contributed by atoms with Gasteiger partial charge in [-0.05, 0) is 24.5 Å². The molecule has 146 valence electrons. The van der Waals surface area contributed by atoms with E-state index in [1.54, 1.807) is 6.20 Å². The quantitative estimate of drug-likeness (QED) is 0.740. The number of hydrogen-bond acceptors (Lipinski definition) is 5. The maximum absolute atomic E-state index is 12.7. The van der Waals surface area contributed by atoms with Gasteiger partial charge >= 0.3 is 0 Å². The van der Waals surface area contributed by atoms with Crippen LogP contribution in [0.4, 0.5) is 17.5 Å². The summed E-state index contributed by atoms with van der Waals surface area (Å²) >= 11 is 0. The number of para-hydroxylation sites is 1. The van der Waals surface area contributed by atoms with Gasteiger partial charge < -0.3 is 19.7 Å². The summed E-state index contributed by atoms with van der Waals surface area (Å²) in [6.07, 6.45) is 6.39. The van der Waals surface area contributed by atoms with E-state index >= 15 is 0 Å². The molecule has 3 heterocycles. The first-order valence-corrected chi connectivity index (χ1v) is 9.65. The molecule has 0 aliphatic carbocycles. The number of aromatic nitrogens is 3. The number of nitrogens with zero attached hydrogens (tertiary/aromatic N) is 5. The van der Waals surface area contributed by atoms with Crippen LogP contribution in [0.15, 0.2) is 36.7 Å². The Morgan fingerprint density at radius 2 is 1.96 bits per heavy atom. The van der Waals surface area contributed by atoms with Crippen molar-refractivity contribution < 1.29 is 4.79 Å². The number of anilines is 3. The summed E-state index contributed by atoms with van der Waals surface area (Å²) in [6, 6.07) is 8.12. The highest BCUT2D eigenvalue weighted by Crippen LogP contribution is 2.26. The molecule has 0 unspecified atom stereocenters. The van der Waals surface area contributed by atoms with E-state index in [0.717, 1.165) is 41.3 Å². The summed E-state index contributed by atoms with van der Waals surface area (Å²) in [6.45, 7) is 1.97. The predicted molar refractivity (Wildman–Crippen MR) is 113 cm³/mol. The second kappa shape index (κ2) is 7.50. The maximum atomic E-state index is 12.7. The molecule has 4 rings (SSSR count). The molecular formula is C21H26N6O. The fraction of sp³-hybridized carbons (Fsp3) is 0.381. The lowest BCUT2D eigenvalue weighted by Gasteiger charge is -2.21. The van der Waals surface area contributed by atoms with Gasteiger partial charge in [0.25, 0.3) is 0 Å². The van der Waals surface area contributed by atoms with E-state index in [2.05, 4.69) is 31.9 Å². The monoisotopic (exact) mass is 378 g/mol. The van der Waals surface area contributed by atoms with Crippen LogP contribution in [0.2, 0.25) is 0 Å². The Morgan fingerprint density at radius 1 is 1.21 bits per heavy atom. The molecule has 7 heteroatoms. The van der Waals surface area contributed by atoms with Crippen LogP contribution in [0, 0.1) is 0 Å². The van der Waals surface area contributed by atoms with Crippen molar-refractivity contribution in [3.05, 3.63) is 42.2 Å². The van der Waals surface area contributed by atoms with Gasteiger partial charge in [0, 0.05) is 51.3 Å². The Labute approximate surface area is 165 Å². The first-order valence-electron chi connectivity index (χ1n) is 9.65. The second-order valence-electron chi connectivity index (χ2n) is 7.50. The van der Waals surface area contributed by atoms with Gasteiger partial charge in [-0.3, -0.25) is 4.79 Å². The van der Waals surface area contributed by atoms with Crippen molar-refractivity contribution >= 4 is 34.3 Å². The van der Waals surface area contributed by atoms with Crippen molar-refractivity contribution in [3.8, 4) is 0 Å². The minimum absolute atomic E-state index is 0.0722. The van der Waals surface area contributed by atoms with E-state index in [0.29, 0.717) is 12.1 Å². The van der Waals surface area contributed by atoms with Crippen LogP contribution in [0.3, 0.4) is 0 Å². The van der Waals surface area contributed by atoms with Crippen LogP contribution in [-0.2, 0) is 18.3 Å². The van der Waals surface area contributed by atoms with E-state index in [4.69, 9.17) is 4.98 Å². The van der Waals surface area contributed by atoms with Crippen molar-refractivity contribution in [2.24, 2.45) is 7.05 Å². The summed E-state index contributed by atoms with van der Waals surface area (Å²) < 4.78 is 2.05. The van der Waals surface area contributed by atoms with Crippen LogP contribution in [0.5, 0.6) is 0 Å². The number of amides is 1. The summed E-state index contributed by atoms with van der Waals surface area (Å²) in [5, 5.41) is 4.10. The standard InChI is InChI=1S/C21H26N6O/c1-25(2)20-17(13-22-21(24-20)27-10-6-7-11-27)23-19(28)12-15-14-26(3)18-9-5-4-8-16(15)18/h4-5,8-9,13-14H,6-7,10-12H2,1-3H3,(H,23,28). The van der Waals surface area contributed by atoms with Crippen molar-refractivity contribution in [3.63, 3.8) is 0 Å². The lowest BCUT2D eigenvalue weighted by atomic mass is 10.1. The van der Waals surface area contributed by atoms with E-state index < -0.39 is 0 Å². The lowest BCUT2D eigenvalue weighted by molar-refractivity contribution is -0.115. The molecule has 3 aromatic rings. The number of aryl methyl sites for hydroxylation is 1. The van der Waals surface area contributed by atoms with Crippen molar-refractivity contribution in [2.75, 3.05) is 42.3 Å². The molecular weight excluding hydrogens is 352 g/mol. The molecule has 1 N–H and O–H groups in total. The van der Waals surface area contributed by atoms with Gasteiger partial charge in [-0.25, -0.2) is 4.98 Å². The molecule has 0 saturated carbocycles. The number of nitrogens with one attached hydrogen (secondary N) is 1. The summed E-state index contributed by atoms with van der Waals surface area (Å²) in [4.78, 5) is 26.0. The SMILES string of the molecule is CN(C)c1nc(N2CCCC2)ncc1NC(=O)Cc1cn(C)c2ccccc12. The maximum Gasteiger partial charge on any atom is 0.229 e. The molecule has 0 bridgehead atoms. The second-order valence-corrected chi connectivity index (χ2v) is 7.50. The van der Waals surface area contributed by atoms with Gasteiger partial charge in [-0.2, -0.15) is 4.98 Å². The fourth-order valence-corrected chi connectivity index (χ4v) is 3.80. The summed E-state index contributed by atoms with van der Waals surface area (Å²) in [5.41, 5.74) is 2.77. The summed E-state index contributed by atoms with van der Waals surface area (Å²) in [5.74, 6) is 1.38. The molecule has 1 fully saturated rings. The van der Waals surface area contributed by atoms with E-state index in [9.17, 15) is 4.79 Å². The average Bonchev–Trinajstić information content (AvgIpc) is 3.31. The van der Waals surface area contributed by atoms with Gasteiger partial charge in [-0.1, -0.05) is 18.2 Å². The van der Waals surface area contributed by atoms with Crippen molar-refractivity contribution in [1.82, 2.24) is 14.5 Å². The van der Waals surface area contributed by atoms with Crippen LogP contribution in [0.25, 0.3) is 10.9 Å². The van der Waals surface area contributed by atoms with Gasteiger partial charge in [-0.15, -0.1) is 0 Å². The molecule has 0 atom stereocenters. The molecule has 0 spiro atoms. The topological polar surface area (TPSA) is 66.3 Å². The van der Waals surface area contributed by atoms with Crippen LogP contribution < -0.4 is 15.1 Å². The van der Waals surface area contributed by atoms with Crippen molar-refractivity contribution in [2.45, 2.75) is 19.3 Å². The third-order valence-electron chi connectivity index (χ3n) is 5.17. The van der Waals surface area contributed by atoms with E-state index in [1.807, 2.05) is 44.4 Å². The van der Waals surface area contributed by atoms with Crippen LogP contribution in [-0.4, -0.2) is 47.6 Å². The lowest BCUT2D eigenvalue weighted by Crippen LogP contribution is -2.24. The number of rotatable bonds is 5. The Kier molecular flexibility index (Phi) is 4.90. The van der Waals surface area contributed by atoms with E-state index in [-0.39, 0.29) is 5.91 Å².